The Labute approximate surface area is 254 Å². The quantitative estimate of drug-likeness (QED) is 0.106. The molecule has 0 aliphatic carbocycles. The Morgan fingerprint density at radius 3 is 2.71 bits per heavy atom. The standard InChI is InChI=1S/C28H25BrN8O3.BrH/c1-37(2,17-24-28(36(39)40)35-13-4-3-9-25(35)34-24)14-6-10-26(38)32-21-11-12-23-22(16-21)27(31-18-30-23)33-20-8-5-7-19(29)15-20;/h3-13,15-16,18H,14,17H2,1-2H3,(H-,30,31,32,33,38);1H/b10-6+;. The molecule has 2 aromatic carbocycles. The van der Waals surface area contributed by atoms with Crippen molar-refractivity contribution in [1.82, 2.24) is 19.4 Å². The Morgan fingerprint density at radius 1 is 1.10 bits per heavy atom. The minimum absolute atomic E-state index is 0. The van der Waals surface area contributed by atoms with Crippen LogP contribution in [0.1, 0.15) is 5.69 Å². The zero-order valence-corrected chi connectivity index (χ0v) is 25.3. The Bertz CT molecular complexity index is 1770. The van der Waals surface area contributed by atoms with E-state index in [-0.39, 0.29) is 28.7 Å². The van der Waals surface area contributed by atoms with Crippen LogP contribution < -0.4 is 27.6 Å². The van der Waals surface area contributed by atoms with Crippen LogP contribution >= 0.6 is 15.9 Å². The average Bonchev–Trinajstić information content (AvgIpc) is 3.26. The molecule has 0 aliphatic rings. The predicted octanol–water partition coefficient (Wildman–Crippen LogP) is 2.47. The van der Waals surface area contributed by atoms with E-state index in [0.717, 1.165) is 21.1 Å². The minimum atomic E-state index is -0.410. The number of hydrogen-bond donors (Lipinski definition) is 2. The number of likely N-dealkylation sites (N-methyl/N-ethyl adjacent to an activating group) is 1. The number of nitrogens with one attached hydrogen (secondary N) is 2. The van der Waals surface area contributed by atoms with E-state index in [4.69, 9.17) is 0 Å². The number of amides is 1. The molecule has 0 saturated carbocycles. The molecule has 0 aliphatic heterocycles. The van der Waals surface area contributed by atoms with Gasteiger partial charge in [0.1, 0.15) is 18.7 Å². The summed E-state index contributed by atoms with van der Waals surface area (Å²) in [6.45, 7) is 0.785. The van der Waals surface area contributed by atoms with E-state index in [1.165, 1.54) is 16.8 Å². The van der Waals surface area contributed by atoms with Gasteiger partial charge in [-0.15, -0.1) is 0 Å². The monoisotopic (exact) mass is 680 g/mol. The topological polar surface area (TPSA) is 127 Å². The van der Waals surface area contributed by atoms with Crippen molar-refractivity contribution in [2.75, 3.05) is 31.3 Å². The first-order chi connectivity index (χ1) is 19.2. The molecule has 0 atom stereocenters. The largest absolute Gasteiger partial charge is 1.00 e. The van der Waals surface area contributed by atoms with Crippen molar-refractivity contribution in [2.24, 2.45) is 0 Å². The number of aromatic nitrogens is 4. The van der Waals surface area contributed by atoms with E-state index in [9.17, 15) is 14.9 Å². The van der Waals surface area contributed by atoms with Crippen LogP contribution in [0.2, 0.25) is 0 Å². The number of pyridine rings is 1. The summed E-state index contributed by atoms with van der Waals surface area (Å²) in [4.78, 5) is 37.2. The summed E-state index contributed by atoms with van der Waals surface area (Å²) in [5.41, 5.74) is 3.12. The van der Waals surface area contributed by atoms with Gasteiger partial charge in [0.2, 0.25) is 11.6 Å². The molecule has 210 valence electrons. The van der Waals surface area contributed by atoms with Crippen molar-refractivity contribution in [3.05, 3.63) is 106 Å². The van der Waals surface area contributed by atoms with Crippen LogP contribution in [0.4, 0.5) is 23.0 Å². The van der Waals surface area contributed by atoms with Gasteiger partial charge in [0, 0.05) is 33.4 Å². The first-order valence-electron chi connectivity index (χ1n) is 12.4. The van der Waals surface area contributed by atoms with E-state index >= 15 is 0 Å². The minimum Gasteiger partial charge on any atom is -1.00 e. The van der Waals surface area contributed by atoms with E-state index in [2.05, 4.69) is 41.5 Å². The van der Waals surface area contributed by atoms with E-state index in [0.29, 0.717) is 40.4 Å². The highest BCUT2D eigenvalue weighted by Gasteiger charge is 2.28. The second-order valence-electron chi connectivity index (χ2n) is 9.83. The SMILES string of the molecule is C[N+](C)(C/C=C/C(=O)Nc1ccc2ncnc(Nc3cccc(Br)c3)c2c1)Cc1nc2ccccn2c1[N+](=O)[O-].[Br-]. The lowest BCUT2D eigenvalue weighted by atomic mass is 10.2. The summed E-state index contributed by atoms with van der Waals surface area (Å²) >= 11 is 3.47. The number of anilines is 3. The van der Waals surface area contributed by atoms with Gasteiger partial charge in [0.05, 0.1) is 32.4 Å². The smallest absolute Gasteiger partial charge is 0.356 e. The highest BCUT2D eigenvalue weighted by atomic mass is 79.9. The highest BCUT2D eigenvalue weighted by Crippen LogP contribution is 2.27. The molecule has 0 spiro atoms. The lowest BCUT2D eigenvalue weighted by Crippen LogP contribution is -3.00. The van der Waals surface area contributed by atoms with Crippen LogP contribution in [-0.2, 0) is 11.3 Å². The molecule has 0 saturated heterocycles. The predicted molar refractivity (Wildman–Crippen MR) is 157 cm³/mol. The fourth-order valence-electron chi connectivity index (χ4n) is 4.37. The molecule has 0 bridgehead atoms. The summed E-state index contributed by atoms with van der Waals surface area (Å²) in [6.07, 6.45) is 6.34. The van der Waals surface area contributed by atoms with Gasteiger partial charge in [-0.25, -0.2) is 9.97 Å². The van der Waals surface area contributed by atoms with Crippen molar-refractivity contribution < 1.29 is 31.2 Å². The van der Waals surface area contributed by atoms with E-state index in [1.807, 2.05) is 50.5 Å². The van der Waals surface area contributed by atoms with Crippen LogP contribution in [-0.4, -0.2) is 55.3 Å². The second kappa shape index (κ2) is 12.5. The summed E-state index contributed by atoms with van der Waals surface area (Å²) in [7, 11) is 3.86. The van der Waals surface area contributed by atoms with Crippen LogP contribution in [0, 0.1) is 10.1 Å². The molecule has 1 amide bonds. The van der Waals surface area contributed by atoms with Gasteiger partial charge >= 0.3 is 5.82 Å². The van der Waals surface area contributed by atoms with E-state index < -0.39 is 4.92 Å². The van der Waals surface area contributed by atoms with Crippen molar-refractivity contribution >= 4 is 61.4 Å². The third-order valence-electron chi connectivity index (χ3n) is 6.18. The lowest BCUT2D eigenvalue weighted by molar-refractivity contribution is -0.898. The van der Waals surface area contributed by atoms with Crippen LogP contribution in [0.3, 0.4) is 0 Å². The summed E-state index contributed by atoms with van der Waals surface area (Å²) in [5.74, 6) is 0.281. The maximum atomic E-state index is 12.7. The van der Waals surface area contributed by atoms with Gasteiger partial charge in [0.15, 0.2) is 5.69 Å². The molecule has 13 heteroatoms. The molecule has 5 rings (SSSR count). The molecule has 41 heavy (non-hydrogen) atoms. The molecule has 0 unspecified atom stereocenters. The van der Waals surface area contributed by atoms with E-state index in [1.54, 1.807) is 36.5 Å². The number of carbonyl (C=O) groups excluding carboxylic acids is 1. The fourth-order valence-corrected chi connectivity index (χ4v) is 4.77. The summed E-state index contributed by atoms with van der Waals surface area (Å²) in [5, 5.41) is 18.7. The molecule has 3 aromatic heterocycles. The zero-order chi connectivity index (χ0) is 28.3. The van der Waals surface area contributed by atoms with Crippen LogP contribution in [0.15, 0.2) is 89.8 Å². The number of rotatable bonds is 9. The third-order valence-corrected chi connectivity index (χ3v) is 6.68. The first kappa shape index (κ1) is 29.8. The molecule has 5 aromatic rings. The number of nitrogens with zero attached hydrogens (tertiary/aromatic N) is 6. The Hall–Kier alpha value is -4.20. The number of nitro groups is 1. The van der Waals surface area contributed by atoms with Crippen molar-refractivity contribution in [2.45, 2.75) is 6.54 Å². The number of halogens is 2. The van der Waals surface area contributed by atoms with Gasteiger partial charge in [-0.1, -0.05) is 28.1 Å². The number of benzene rings is 2. The maximum Gasteiger partial charge on any atom is 0.356 e. The van der Waals surface area contributed by atoms with Crippen LogP contribution in [0.5, 0.6) is 0 Å². The Kier molecular flexibility index (Phi) is 9.11. The van der Waals surface area contributed by atoms with Crippen molar-refractivity contribution in [3.63, 3.8) is 0 Å². The van der Waals surface area contributed by atoms with Gasteiger partial charge < -0.3 is 42.2 Å². The second-order valence-corrected chi connectivity index (χ2v) is 10.7. The molecule has 3 heterocycles. The van der Waals surface area contributed by atoms with Gasteiger partial charge in [-0.05, 0) is 53.5 Å². The molecule has 0 radical (unpaired) electrons. The first-order valence-corrected chi connectivity index (χ1v) is 13.1. The molecule has 11 nitrogen and oxygen atoms in total. The van der Waals surface area contributed by atoms with Crippen molar-refractivity contribution in [1.29, 1.82) is 0 Å². The average molecular weight is 682 g/mol. The number of quaternary nitrogens is 1. The number of hydrogen-bond acceptors (Lipinski definition) is 7. The number of fused-ring (bicyclic) bond motifs is 2. The zero-order valence-electron chi connectivity index (χ0n) is 22.2. The normalized spacial score (nSPS) is 11.5. The Balaban J connectivity index is 0.00000387. The number of carbonyl (C=O) groups is 1. The van der Waals surface area contributed by atoms with Gasteiger partial charge in [0.25, 0.3) is 0 Å². The van der Waals surface area contributed by atoms with Gasteiger partial charge in [-0.3, -0.25) is 4.79 Å². The Morgan fingerprint density at radius 2 is 1.93 bits per heavy atom. The van der Waals surface area contributed by atoms with Crippen molar-refractivity contribution in [3.8, 4) is 0 Å². The summed E-state index contributed by atoms with van der Waals surface area (Å²) in [6, 6.07) is 18.4. The molecular weight excluding hydrogens is 656 g/mol. The summed E-state index contributed by atoms with van der Waals surface area (Å²) < 4.78 is 2.79. The fraction of sp³-hybridized carbons (Fsp3) is 0.143. The molecular formula is C28H26Br2N8O3. The lowest BCUT2D eigenvalue weighted by Gasteiger charge is -2.27. The highest BCUT2D eigenvalue weighted by molar-refractivity contribution is 9.10. The maximum absolute atomic E-state index is 12.7. The van der Waals surface area contributed by atoms with Gasteiger partial charge in [-0.2, -0.15) is 9.38 Å². The third kappa shape index (κ3) is 7.12. The molecule has 2 N–H and O–H groups in total. The molecule has 0 fully saturated rings. The number of imidazole rings is 1. The van der Waals surface area contributed by atoms with Crippen LogP contribution in [0.25, 0.3) is 16.6 Å².